The van der Waals surface area contributed by atoms with Crippen LogP contribution in [0.2, 0.25) is 0 Å². The Hall–Kier alpha value is -0.440. The first-order valence-corrected chi connectivity index (χ1v) is 9.34. The van der Waals surface area contributed by atoms with Gasteiger partial charge in [-0.25, -0.2) is 8.42 Å². The van der Waals surface area contributed by atoms with Gasteiger partial charge in [-0.15, -0.1) is 21.5 Å². The van der Waals surface area contributed by atoms with Crippen molar-refractivity contribution >= 4 is 47.0 Å². The van der Waals surface area contributed by atoms with E-state index in [0.29, 0.717) is 12.4 Å². The van der Waals surface area contributed by atoms with Crippen LogP contribution in [0.3, 0.4) is 0 Å². The van der Waals surface area contributed by atoms with Crippen LogP contribution in [-0.2, 0) is 15.6 Å². The van der Waals surface area contributed by atoms with Gasteiger partial charge in [-0.2, -0.15) is 0 Å². The summed E-state index contributed by atoms with van der Waals surface area (Å²) >= 11 is 4.83. The summed E-state index contributed by atoms with van der Waals surface area (Å²) in [6.07, 6.45) is 0. The van der Waals surface area contributed by atoms with Crippen molar-refractivity contribution in [2.45, 2.75) is 25.5 Å². The molecule has 2 aromatic rings. The number of rotatable bonds is 4. The zero-order valence-electron chi connectivity index (χ0n) is 10.2. The van der Waals surface area contributed by atoms with E-state index in [-0.39, 0.29) is 11.1 Å². The highest BCUT2D eigenvalue weighted by atomic mass is 79.9. The molecule has 0 radical (unpaired) electrons. The molecule has 0 spiro atoms. The minimum absolute atomic E-state index is 0.206. The number of nitrogens with zero attached hydrogens (tertiary/aromatic N) is 3. The van der Waals surface area contributed by atoms with Crippen molar-refractivity contribution in [1.82, 2.24) is 14.8 Å². The van der Waals surface area contributed by atoms with Crippen molar-refractivity contribution in [1.29, 1.82) is 0 Å². The summed E-state index contributed by atoms with van der Waals surface area (Å²) in [5.74, 6) is 0.763. The van der Waals surface area contributed by atoms with Crippen molar-refractivity contribution in [3.8, 4) is 10.7 Å². The Labute approximate surface area is 128 Å². The number of hydrogen-bond acceptors (Lipinski definition) is 5. The lowest BCUT2D eigenvalue weighted by molar-refractivity contribution is 0.489. The van der Waals surface area contributed by atoms with Crippen LogP contribution in [-0.4, -0.2) is 23.2 Å². The summed E-state index contributed by atoms with van der Waals surface area (Å²) in [6, 6.07) is 3.74. The highest BCUT2D eigenvalue weighted by Crippen LogP contribution is 2.32. The quantitative estimate of drug-likeness (QED) is 0.758. The van der Waals surface area contributed by atoms with Crippen LogP contribution in [0, 0.1) is 5.92 Å². The van der Waals surface area contributed by atoms with Crippen molar-refractivity contribution in [3.63, 3.8) is 0 Å². The van der Waals surface area contributed by atoms with Gasteiger partial charge in [-0.3, -0.25) is 4.57 Å². The maximum atomic E-state index is 11.5. The number of aromatic nitrogens is 3. The van der Waals surface area contributed by atoms with Crippen molar-refractivity contribution in [2.24, 2.45) is 5.92 Å². The molecule has 2 aromatic heterocycles. The van der Waals surface area contributed by atoms with E-state index in [4.69, 9.17) is 10.7 Å². The van der Waals surface area contributed by atoms with E-state index in [9.17, 15) is 8.42 Å². The Kier molecular flexibility index (Phi) is 4.34. The van der Waals surface area contributed by atoms with E-state index in [1.165, 1.54) is 11.3 Å². The number of thiophene rings is 1. The molecule has 9 heteroatoms. The van der Waals surface area contributed by atoms with Crippen molar-refractivity contribution in [3.05, 3.63) is 15.9 Å². The van der Waals surface area contributed by atoms with Gasteiger partial charge in [-0.05, 0) is 34.0 Å². The van der Waals surface area contributed by atoms with E-state index < -0.39 is 9.05 Å². The fourth-order valence-electron chi connectivity index (χ4n) is 1.62. The van der Waals surface area contributed by atoms with Gasteiger partial charge in [0.25, 0.3) is 14.2 Å². The van der Waals surface area contributed by atoms with Crippen LogP contribution in [0.25, 0.3) is 10.7 Å². The first-order chi connectivity index (χ1) is 8.79. The summed E-state index contributed by atoms with van der Waals surface area (Å²) in [4.78, 5) is 0.839. The van der Waals surface area contributed by atoms with E-state index in [0.717, 1.165) is 8.66 Å². The SMILES string of the molecule is CC(C)Cn1c(-c2ccc(Br)s2)nnc1S(=O)(=O)Cl. The van der Waals surface area contributed by atoms with E-state index in [1.54, 1.807) is 4.57 Å². The third-order valence-corrected chi connectivity index (χ3v) is 5.05. The molecule has 0 aliphatic rings. The minimum Gasteiger partial charge on any atom is -0.296 e. The topological polar surface area (TPSA) is 64.8 Å². The van der Waals surface area contributed by atoms with Crippen molar-refractivity contribution in [2.75, 3.05) is 0 Å². The van der Waals surface area contributed by atoms with Gasteiger partial charge in [-0.1, -0.05) is 13.8 Å². The zero-order valence-corrected chi connectivity index (χ0v) is 14.1. The average Bonchev–Trinajstić information content (AvgIpc) is 2.82. The maximum Gasteiger partial charge on any atom is 0.296 e. The molecule has 2 heterocycles. The highest BCUT2D eigenvalue weighted by molar-refractivity contribution is 9.11. The standard InChI is InChI=1S/C10H11BrClN3O2S2/c1-6(2)5-15-9(7-3-4-8(11)18-7)13-14-10(15)19(12,16)17/h3-4,6H,5H2,1-2H3. The molecule has 104 valence electrons. The second-order valence-corrected chi connectivity index (χ2v) is 9.27. The summed E-state index contributed by atoms with van der Waals surface area (Å²) in [5, 5.41) is 7.46. The smallest absolute Gasteiger partial charge is 0.296 e. The normalized spacial score (nSPS) is 12.3. The molecular weight excluding hydrogens is 374 g/mol. The molecule has 0 bridgehead atoms. The average molecular weight is 385 g/mol. The van der Waals surface area contributed by atoms with Crippen LogP contribution >= 0.6 is 37.9 Å². The van der Waals surface area contributed by atoms with E-state index in [1.807, 2.05) is 26.0 Å². The second kappa shape index (κ2) is 5.51. The van der Waals surface area contributed by atoms with Crippen LogP contribution in [0.4, 0.5) is 0 Å². The summed E-state index contributed by atoms with van der Waals surface area (Å²) in [6.45, 7) is 4.45. The minimum atomic E-state index is -3.90. The molecule has 0 N–H and O–H groups in total. The highest BCUT2D eigenvalue weighted by Gasteiger charge is 2.24. The Morgan fingerprint density at radius 1 is 1.42 bits per heavy atom. The van der Waals surface area contributed by atoms with Gasteiger partial charge in [0.1, 0.15) is 0 Å². The molecule has 0 aliphatic carbocycles. The van der Waals surface area contributed by atoms with Crippen LogP contribution in [0.15, 0.2) is 21.1 Å². The molecule has 0 aromatic carbocycles. The molecule has 0 saturated heterocycles. The van der Waals surface area contributed by atoms with Gasteiger partial charge in [0.15, 0.2) is 5.82 Å². The predicted octanol–water partition coefficient (Wildman–Crippen LogP) is 3.35. The Bertz CT molecular complexity index is 693. The summed E-state index contributed by atoms with van der Waals surface area (Å²) < 4.78 is 25.5. The van der Waals surface area contributed by atoms with Crippen LogP contribution in [0.1, 0.15) is 13.8 Å². The molecule has 0 saturated carbocycles. The lowest BCUT2D eigenvalue weighted by Crippen LogP contribution is -2.11. The molecule has 5 nitrogen and oxygen atoms in total. The van der Waals surface area contributed by atoms with Crippen LogP contribution in [0.5, 0.6) is 0 Å². The predicted molar refractivity (Wildman–Crippen MR) is 78.9 cm³/mol. The zero-order chi connectivity index (χ0) is 14.2. The molecule has 0 atom stereocenters. The third kappa shape index (κ3) is 3.36. The largest absolute Gasteiger partial charge is 0.296 e. The maximum absolute atomic E-state index is 11.5. The first kappa shape index (κ1) is 15.0. The fourth-order valence-corrected chi connectivity index (χ4v) is 3.90. The first-order valence-electron chi connectivity index (χ1n) is 5.42. The molecular formula is C10H11BrClN3O2S2. The molecule has 0 amide bonds. The monoisotopic (exact) mass is 383 g/mol. The molecule has 2 rings (SSSR count). The van der Waals surface area contributed by atoms with Gasteiger partial charge >= 0.3 is 0 Å². The Morgan fingerprint density at radius 2 is 2.11 bits per heavy atom. The number of hydrogen-bond donors (Lipinski definition) is 0. The number of halogens is 2. The lowest BCUT2D eigenvalue weighted by atomic mass is 10.2. The molecule has 19 heavy (non-hydrogen) atoms. The van der Waals surface area contributed by atoms with Crippen molar-refractivity contribution < 1.29 is 8.42 Å². The van der Waals surface area contributed by atoms with E-state index in [2.05, 4.69) is 26.1 Å². The molecule has 0 aliphatic heterocycles. The van der Waals surface area contributed by atoms with Gasteiger partial charge in [0.05, 0.1) is 8.66 Å². The molecule has 0 fully saturated rings. The van der Waals surface area contributed by atoms with Gasteiger partial charge in [0, 0.05) is 17.2 Å². The Balaban J connectivity index is 2.59. The third-order valence-electron chi connectivity index (χ3n) is 2.28. The van der Waals surface area contributed by atoms with E-state index >= 15 is 0 Å². The molecule has 0 unspecified atom stereocenters. The van der Waals surface area contributed by atoms with Gasteiger partial charge in [0.2, 0.25) is 0 Å². The van der Waals surface area contributed by atoms with Crippen LogP contribution < -0.4 is 0 Å². The fraction of sp³-hybridized carbons (Fsp3) is 0.400. The lowest BCUT2D eigenvalue weighted by Gasteiger charge is -2.10. The van der Waals surface area contributed by atoms with Gasteiger partial charge < -0.3 is 0 Å². The Morgan fingerprint density at radius 3 is 2.58 bits per heavy atom. The summed E-state index contributed by atoms with van der Waals surface area (Å²) in [5.41, 5.74) is 0. The second-order valence-electron chi connectivity index (χ2n) is 4.35. The summed E-state index contributed by atoms with van der Waals surface area (Å²) in [7, 11) is 1.49.